The van der Waals surface area contributed by atoms with Gasteiger partial charge in [0.2, 0.25) is 11.7 Å². The molecule has 1 aliphatic heterocycles. The van der Waals surface area contributed by atoms with Gasteiger partial charge in [0.05, 0.1) is 4.88 Å². The molecule has 2 aromatic heterocycles. The molecule has 1 saturated heterocycles. The van der Waals surface area contributed by atoms with Crippen LogP contribution in [0.3, 0.4) is 0 Å². The van der Waals surface area contributed by atoms with Gasteiger partial charge in [0, 0.05) is 6.42 Å². The van der Waals surface area contributed by atoms with Gasteiger partial charge in [-0.15, -0.1) is 11.3 Å². The molecular weight excluding hydrogens is 222 g/mol. The van der Waals surface area contributed by atoms with Crippen LogP contribution in [0, 0.1) is 5.92 Å². The maximum Gasteiger partial charge on any atom is 0.227 e. The van der Waals surface area contributed by atoms with Crippen molar-refractivity contribution in [2.24, 2.45) is 5.92 Å². The first-order valence-corrected chi connectivity index (χ1v) is 6.37. The molecule has 1 unspecified atom stereocenters. The van der Waals surface area contributed by atoms with Gasteiger partial charge in [-0.05, 0) is 36.9 Å². The monoisotopic (exact) mass is 235 g/mol. The molecule has 0 aliphatic carbocycles. The number of rotatable bonds is 3. The van der Waals surface area contributed by atoms with Gasteiger partial charge in [0.15, 0.2) is 0 Å². The zero-order valence-corrected chi connectivity index (χ0v) is 9.67. The van der Waals surface area contributed by atoms with Crippen molar-refractivity contribution in [2.45, 2.75) is 12.8 Å². The number of nitrogens with one attached hydrogen (secondary N) is 1. The predicted octanol–water partition coefficient (Wildman–Crippen LogP) is 1.95. The molecule has 0 radical (unpaired) electrons. The van der Waals surface area contributed by atoms with Gasteiger partial charge in [-0.2, -0.15) is 4.98 Å². The van der Waals surface area contributed by atoms with Crippen LogP contribution in [0.1, 0.15) is 12.3 Å². The number of nitrogens with zero attached hydrogens (tertiary/aromatic N) is 2. The van der Waals surface area contributed by atoms with E-state index in [4.69, 9.17) is 4.52 Å². The Morgan fingerprint density at radius 1 is 1.56 bits per heavy atom. The second kappa shape index (κ2) is 4.35. The van der Waals surface area contributed by atoms with Gasteiger partial charge in [-0.3, -0.25) is 0 Å². The lowest BCUT2D eigenvalue weighted by Gasteiger charge is -2.01. The van der Waals surface area contributed by atoms with Crippen molar-refractivity contribution in [3.63, 3.8) is 0 Å². The Morgan fingerprint density at radius 2 is 2.56 bits per heavy atom. The number of aromatic nitrogens is 2. The number of thiophene rings is 1. The molecule has 2 aromatic rings. The molecule has 3 heterocycles. The van der Waals surface area contributed by atoms with Crippen LogP contribution in [0.5, 0.6) is 0 Å². The highest BCUT2D eigenvalue weighted by Crippen LogP contribution is 2.22. The molecule has 1 aliphatic rings. The number of hydrogen-bond acceptors (Lipinski definition) is 5. The first-order valence-electron chi connectivity index (χ1n) is 5.49. The van der Waals surface area contributed by atoms with E-state index in [9.17, 15) is 0 Å². The standard InChI is InChI=1S/C11H13N3OS/c1-2-9(16-5-1)11-13-10(15-14-11)6-8-3-4-12-7-8/h1-2,5,8,12H,3-4,6-7H2. The Labute approximate surface area is 97.7 Å². The summed E-state index contributed by atoms with van der Waals surface area (Å²) in [5.74, 6) is 2.13. The summed E-state index contributed by atoms with van der Waals surface area (Å²) in [6.45, 7) is 2.17. The van der Waals surface area contributed by atoms with Crippen LogP contribution in [-0.2, 0) is 6.42 Å². The van der Waals surface area contributed by atoms with E-state index in [1.54, 1.807) is 11.3 Å². The third kappa shape index (κ3) is 2.01. The van der Waals surface area contributed by atoms with Crippen molar-refractivity contribution >= 4 is 11.3 Å². The third-order valence-corrected chi connectivity index (χ3v) is 3.70. The third-order valence-electron chi connectivity index (χ3n) is 2.84. The molecule has 5 heteroatoms. The minimum absolute atomic E-state index is 0.650. The van der Waals surface area contributed by atoms with Crippen LogP contribution in [0.4, 0.5) is 0 Å². The lowest BCUT2D eigenvalue weighted by molar-refractivity contribution is 0.358. The van der Waals surface area contributed by atoms with Crippen LogP contribution >= 0.6 is 11.3 Å². The molecule has 16 heavy (non-hydrogen) atoms. The van der Waals surface area contributed by atoms with E-state index < -0.39 is 0 Å². The summed E-state index contributed by atoms with van der Waals surface area (Å²) in [6.07, 6.45) is 2.10. The van der Waals surface area contributed by atoms with Crippen molar-refractivity contribution < 1.29 is 4.52 Å². The summed E-state index contributed by atoms with van der Waals surface area (Å²) in [5, 5.41) is 9.36. The lowest BCUT2D eigenvalue weighted by Crippen LogP contribution is -2.10. The van der Waals surface area contributed by atoms with E-state index in [1.807, 2.05) is 17.5 Å². The minimum atomic E-state index is 0.650. The summed E-state index contributed by atoms with van der Waals surface area (Å²) in [5.41, 5.74) is 0. The second-order valence-electron chi connectivity index (χ2n) is 4.05. The Kier molecular flexibility index (Phi) is 2.71. The van der Waals surface area contributed by atoms with E-state index in [0.717, 1.165) is 36.1 Å². The van der Waals surface area contributed by atoms with E-state index >= 15 is 0 Å². The summed E-state index contributed by atoms with van der Waals surface area (Å²) >= 11 is 1.63. The van der Waals surface area contributed by atoms with Crippen molar-refractivity contribution in [3.8, 4) is 10.7 Å². The average molecular weight is 235 g/mol. The van der Waals surface area contributed by atoms with Crippen LogP contribution in [0.15, 0.2) is 22.0 Å². The topological polar surface area (TPSA) is 51.0 Å². The van der Waals surface area contributed by atoms with Gasteiger partial charge in [0.1, 0.15) is 0 Å². The van der Waals surface area contributed by atoms with Gasteiger partial charge >= 0.3 is 0 Å². The predicted molar refractivity (Wildman–Crippen MR) is 62.3 cm³/mol. The molecule has 4 nitrogen and oxygen atoms in total. The van der Waals surface area contributed by atoms with Gasteiger partial charge < -0.3 is 9.84 Å². The smallest absolute Gasteiger partial charge is 0.227 e. The molecule has 3 rings (SSSR count). The highest BCUT2D eigenvalue weighted by Gasteiger charge is 2.18. The van der Waals surface area contributed by atoms with E-state index in [-0.39, 0.29) is 0 Å². The van der Waals surface area contributed by atoms with E-state index in [1.165, 1.54) is 6.42 Å². The molecule has 1 N–H and O–H groups in total. The SMILES string of the molecule is c1csc(-c2noc(CC3CCNC3)n2)c1. The van der Waals surface area contributed by atoms with Gasteiger partial charge in [-0.25, -0.2) is 0 Å². The zero-order valence-electron chi connectivity index (χ0n) is 8.85. The molecule has 1 atom stereocenters. The molecule has 0 amide bonds. The van der Waals surface area contributed by atoms with E-state index in [0.29, 0.717) is 5.92 Å². The summed E-state index contributed by atoms with van der Waals surface area (Å²) in [4.78, 5) is 5.49. The Morgan fingerprint density at radius 3 is 3.31 bits per heavy atom. The second-order valence-corrected chi connectivity index (χ2v) is 5.00. The first-order chi connectivity index (χ1) is 7.92. The summed E-state index contributed by atoms with van der Waals surface area (Å²) in [6, 6.07) is 4.01. The molecule has 0 spiro atoms. The Bertz CT molecular complexity index is 446. The first kappa shape index (κ1) is 9.99. The molecule has 0 aromatic carbocycles. The maximum atomic E-state index is 5.27. The molecule has 0 saturated carbocycles. The fourth-order valence-corrected chi connectivity index (χ4v) is 2.63. The van der Waals surface area contributed by atoms with Crippen molar-refractivity contribution in [1.82, 2.24) is 15.5 Å². The molecule has 84 valence electrons. The average Bonchev–Trinajstić information content (AvgIpc) is 2.99. The Balaban J connectivity index is 1.72. The Hall–Kier alpha value is -1.20. The zero-order chi connectivity index (χ0) is 10.8. The highest BCUT2D eigenvalue weighted by atomic mass is 32.1. The lowest BCUT2D eigenvalue weighted by atomic mass is 10.1. The van der Waals surface area contributed by atoms with Crippen molar-refractivity contribution in [1.29, 1.82) is 0 Å². The van der Waals surface area contributed by atoms with Crippen LogP contribution in [-0.4, -0.2) is 23.2 Å². The van der Waals surface area contributed by atoms with Gasteiger partial charge in [0.25, 0.3) is 0 Å². The van der Waals surface area contributed by atoms with E-state index in [2.05, 4.69) is 15.5 Å². The summed E-state index contributed by atoms with van der Waals surface area (Å²) in [7, 11) is 0. The normalized spacial score (nSPS) is 20.4. The highest BCUT2D eigenvalue weighted by molar-refractivity contribution is 7.13. The van der Waals surface area contributed by atoms with Gasteiger partial charge in [-0.1, -0.05) is 11.2 Å². The molecule has 0 bridgehead atoms. The summed E-state index contributed by atoms with van der Waals surface area (Å²) < 4.78 is 5.27. The largest absolute Gasteiger partial charge is 0.339 e. The minimum Gasteiger partial charge on any atom is -0.339 e. The molecular formula is C11H13N3OS. The molecule has 1 fully saturated rings. The van der Waals surface area contributed by atoms with Crippen LogP contribution in [0.25, 0.3) is 10.7 Å². The van der Waals surface area contributed by atoms with Crippen LogP contribution in [0.2, 0.25) is 0 Å². The van der Waals surface area contributed by atoms with Crippen molar-refractivity contribution in [2.75, 3.05) is 13.1 Å². The maximum absolute atomic E-state index is 5.27. The fraction of sp³-hybridized carbons (Fsp3) is 0.455. The number of hydrogen-bond donors (Lipinski definition) is 1. The quantitative estimate of drug-likeness (QED) is 0.883. The van der Waals surface area contributed by atoms with Crippen molar-refractivity contribution in [3.05, 3.63) is 23.4 Å². The fourth-order valence-electron chi connectivity index (χ4n) is 1.98. The van der Waals surface area contributed by atoms with Crippen LogP contribution < -0.4 is 5.32 Å².